The fourth-order valence-electron chi connectivity index (χ4n) is 2.31. The molecule has 0 heterocycles. The van der Waals surface area contributed by atoms with E-state index in [2.05, 4.69) is 5.32 Å². The zero-order chi connectivity index (χ0) is 17.7. The predicted molar refractivity (Wildman–Crippen MR) is 88.8 cm³/mol. The number of rotatable bonds is 5. The van der Waals surface area contributed by atoms with Gasteiger partial charge in [0.1, 0.15) is 17.3 Å². The second-order valence-electron chi connectivity index (χ2n) is 5.35. The maximum Gasteiger partial charge on any atom is 0.226 e. The number of hydrogen-bond acceptors (Lipinski definition) is 2. The van der Waals surface area contributed by atoms with E-state index in [4.69, 9.17) is 0 Å². The summed E-state index contributed by atoms with van der Waals surface area (Å²) in [7, 11) is 0. The molecule has 0 aromatic heterocycles. The molecular weight excluding hydrogens is 314 g/mol. The lowest BCUT2D eigenvalue weighted by Crippen LogP contribution is -2.33. The average molecular weight is 332 g/mol. The molecule has 2 aromatic rings. The minimum atomic E-state index is -0.843. The summed E-state index contributed by atoms with van der Waals surface area (Å²) in [6.07, 6.45) is -0.0817. The van der Waals surface area contributed by atoms with Crippen molar-refractivity contribution in [1.29, 1.82) is 0 Å². The molecule has 126 valence electrons. The molecule has 0 fully saturated rings. The smallest absolute Gasteiger partial charge is 0.226 e. The van der Waals surface area contributed by atoms with Crippen LogP contribution >= 0.6 is 0 Å². The molecule has 2 amide bonds. The first kappa shape index (κ1) is 17.6. The standard InChI is InChI=1S/C18H18F2N2O2/c1-12-6-3-4-9-16(12)21-17(24)10-11-22(13(2)23)18-14(19)7-5-8-15(18)20/h3-9H,10-11H2,1-2H3,(H,21,24). The van der Waals surface area contributed by atoms with Crippen LogP contribution in [0.25, 0.3) is 0 Å². The van der Waals surface area contributed by atoms with Crippen molar-refractivity contribution >= 4 is 23.2 Å². The van der Waals surface area contributed by atoms with E-state index in [1.807, 2.05) is 19.1 Å². The monoisotopic (exact) mass is 332 g/mol. The van der Waals surface area contributed by atoms with Crippen molar-refractivity contribution in [1.82, 2.24) is 0 Å². The minimum absolute atomic E-state index is 0.0817. The highest BCUT2D eigenvalue weighted by Crippen LogP contribution is 2.23. The van der Waals surface area contributed by atoms with Gasteiger partial charge in [0.15, 0.2) is 0 Å². The fourth-order valence-corrected chi connectivity index (χ4v) is 2.31. The second-order valence-corrected chi connectivity index (χ2v) is 5.35. The van der Waals surface area contributed by atoms with Gasteiger partial charge in [-0.25, -0.2) is 8.78 Å². The molecule has 4 nitrogen and oxygen atoms in total. The number of benzene rings is 2. The summed E-state index contributed by atoms with van der Waals surface area (Å²) >= 11 is 0. The van der Waals surface area contributed by atoms with E-state index in [9.17, 15) is 18.4 Å². The van der Waals surface area contributed by atoms with Gasteiger partial charge in [0.05, 0.1) is 0 Å². The maximum absolute atomic E-state index is 13.9. The molecule has 0 aliphatic heterocycles. The van der Waals surface area contributed by atoms with Gasteiger partial charge < -0.3 is 10.2 Å². The summed E-state index contributed by atoms with van der Waals surface area (Å²) in [6.45, 7) is 2.93. The van der Waals surface area contributed by atoms with Gasteiger partial charge in [-0.05, 0) is 30.7 Å². The van der Waals surface area contributed by atoms with Gasteiger partial charge in [-0.2, -0.15) is 0 Å². The number of nitrogens with one attached hydrogen (secondary N) is 1. The molecule has 0 aliphatic carbocycles. The first-order chi connectivity index (χ1) is 11.4. The van der Waals surface area contributed by atoms with Crippen LogP contribution in [0.3, 0.4) is 0 Å². The Hall–Kier alpha value is -2.76. The van der Waals surface area contributed by atoms with Gasteiger partial charge in [0.2, 0.25) is 11.8 Å². The van der Waals surface area contributed by atoms with Gasteiger partial charge in [-0.3, -0.25) is 9.59 Å². The summed E-state index contributed by atoms with van der Waals surface area (Å²) in [5, 5.41) is 2.72. The first-order valence-corrected chi connectivity index (χ1v) is 7.47. The van der Waals surface area contributed by atoms with Crippen LogP contribution in [0.5, 0.6) is 0 Å². The molecule has 0 saturated carbocycles. The van der Waals surface area contributed by atoms with Gasteiger partial charge in [-0.15, -0.1) is 0 Å². The van der Waals surface area contributed by atoms with E-state index in [1.165, 1.54) is 13.0 Å². The molecule has 1 N–H and O–H groups in total. The highest BCUT2D eigenvalue weighted by Gasteiger charge is 2.21. The molecule has 0 aliphatic rings. The predicted octanol–water partition coefficient (Wildman–Crippen LogP) is 3.65. The zero-order valence-corrected chi connectivity index (χ0v) is 13.5. The van der Waals surface area contributed by atoms with Crippen LogP contribution in [0.4, 0.5) is 20.2 Å². The third-order valence-electron chi connectivity index (χ3n) is 3.57. The van der Waals surface area contributed by atoms with Crippen molar-refractivity contribution in [3.05, 3.63) is 59.7 Å². The lowest BCUT2D eigenvalue weighted by Gasteiger charge is -2.22. The Labute approximate surface area is 139 Å². The summed E-state index contributed by atoms with van der Waals surface area (Å²) in [4.78, 5) is 24.7. The number of halogens is 2. The molecule has 0 spiro atoms. The van der Waals surface area contributed by atoms with Crippen molar-refractivity contribution in [2.75, 3.05) is 16.8 Å². The molecule has 24 heavy (non-hydrogen) atoms. The molecule has 0 unspecified atom stereocenters. The number of hydrogen-bond donors (Lipinski definition) is 1. The van der Waals surface area contributed by atoms with Crippen LogP contribution in [0, 0.1) is 18.6 Å². The third kappa shape index (κ3) is 4.16. The number of para-hydroxylation sites is 2. The van der Waals surface area contributed by atoms with Crippen molar-refractivity contribution in [2.24, 2.45) is 0 Å². The maximum atomic E-state index is 13.9. The Morgan fingerprint density at radius 2 is 1.67 bits per heavy atom. The minimum Gasteiger partial charge on any atom is -0.326 e. The highest BCUT2D eigenvalue weighted by atomic mass is 19.1. The molecule has 0 radical (unpaired) electrons. The molecule has 6 heteroatoms. The number of amides is 2. The van der Waals surface area contributed by atoms with Crippen molar-refractivity contribution in [3.63, 3.8) is 0 Å². The topological polar surface area (TPSA) is 49.4 Å². The molecular formula is C18H18F2N2O2. The van der Waals surface area contributed by atoms with E-state index in [0.717, 1.165) is 22.6 Å². The average Bonchev–Trinajstić information content (AvgIpc) is 2.52. The third-order valence-corrected chi connectivity index (χ3v) is 3.57. The van der Waals surface area contributed by atoms with Gasteiger partial charge in [0.25, 0.3) is 0 Å². The van der Waals surface area contributed by atoms with E-state index < -0.39 is 23.2 Å². The molecule has 0 atom stereocenters. The second kappa shape index (κ2) is 7.68. The van der Waals surface area contributed by atoms with E-state index in [-0.39, 0.29) is 18.9 Å². The number of carbonyl (C=O) groups excluding carboxylic acids is 2. The fraction of sp³-hybridized carbons (Fsp3) is 0.222. The Morgan fingerprint density at radius 1 is 1.04 bits per heavy atom. The first-order valence-electron chi connectivity index (χ1n) is 7.47. The lowest BCUT2D eigenvalue weighted by molar-refractivity contribution is -0.117. The van der Waals surface area contributed by atoms with Crippen molar-refractivity contribution in [3.8, 4) is 0 Å². The number of anilines is 2. The van der Waals surface area contributed by atoms with Crippen molar-refractivity contribution < 1.29 is 18.4 Å². The Kier molecular flexibility index (Phi) is 5.63. The molecule has 2 aromatic carbocycles. The summed E-state index contributed by atoms with van der Waals surface area (Å²) in [5.41, 5.74) is 1.12. The number of carbonyl (C=O) groups is 2. The van der Waals surface area contributed by atoms with E-state index in [1.54, 1.807) is 12.1 Å². The Morgan fingerprint density at radius 3 is 2.25 bits per heavy atom. The molecule has 2 rings (SSSR count). The van der Waals surface area contributed by atoms with E-state index in [0.29, 0.717) is 5.69 Å². The zero-order valence-electron chi connectivity index (χ0n) is 13.5. The SMILES string of the molecule is CC(=O)N(CCC(=O)Nc1ccccc1C)c1c(F)cccc1F. The van der Waals surface area contributed by atoms with Gasteiger partial charge in [0, 0.05) is 25.6 Å². The van der Waals surface area contributed by atoms with Crippen LogP contribution in [-0.4, -0.2) is 18.4 Å². The summed E-state index contributed by atoms with van der Waals surface area (Å²) in [6, 6.07) is 10.6. The number of aryl methyl sites for hydroxylation is 1. The molecule has 0 saturated heterocycles. The van der Waals surface area contributed by atoms with Crippen LogP contribution in [0.1, 0.15) is 18.9 Å². The lowest BCUT2D eigenvalue weighted by atomic mass is 10.2. The van der Waals surface area contributed by atoms with Crippen molar-refractivity contribution in [2.45, 2.75) is 20.3 Å². The normalized spacial score (nSPS) is 10.3. The van der Waals surface area contributed by atoms with Gasteiger partial charge >= 0.3 is 0 Å². The van der Waals surface area contributed by atoms with Crippen LogP contribution in [0.15, 0.2) is 42.5 Å². The van der Waals surface area contributed by atoms with Gasteiger partial charge in [-0.1, -0.05) is 24.3 Å². The van der Waals surface area contributed by atoms with E-state index >= 15 is 0 Å². The Balaban J connectivity index is 2.08. The Bertz CT molecular complexity index is 742. The number of nitrogens with zero attached hydrogens (tertiary/aromatic N) is 1. The largest absolute Gasteiger partial charge is 0.326 e. The van der Waals surface area contributed by atoms with Crippen LogP contribution in [0.2, 0.25) is 0 Å². The summed E-state index contributed by atoms with van der Waals surface area (Å²) in [5.74, 6) is -2.57. The quantitative estimate of drug-likeness (QED) is 0.908. The summed E-state index contributed by atoms with van der Waals surface area (Å²) < 4.78 is 27.7. The highest BCUT2D eigenvalue weighted by molar-refractivity contribution is 5.95. The van der Waals surface area contributed by atoms with Crippen LogP contribution in [-0.2, 0) is 9.59 Å². The van der Waals surface area contributed by atoms with Crippen LogP contribution < -0.4 is 10.2 Å². The molecule has 0 bridgehead atoms.